The van der Waals surface area contributed by atoms with Crippen LogP contribution in [0.4, 0.5) is 0 Å². The van der Waals surface area contributed by atoms with Gasteiger partial charge >= 0.3 is 0 Å². The number of aliphatic hydroxyl groups excluding tert-OH is 2. The Morgan fingerprint density at radius 2 is 1.83 bits per heavy atom. The van der Waals surface area contributed by atoms with Crippen LogP contribution in [0, 0.1) is 46.3 Å². The van der Waals surface area contributed by atoms with E-state index in [0.29, 0.717) is 52.9 Å². The minimum Gasteiger partial charge on any atom is -0.393 e. The Kier molecular flexibility index (Phi) is 6.03. The number of fused-ring (bicyclic) bond motifs is 5. The number of carbonyl (C=O) groups excluding carboxylic acids is 1. The molecule has 0 aromatic heterocycles. The van der Waals surface area contributed by atoms with E-state index in [-0.39, 0.29) is 23.4 Å². The third kappa shape index (κ3) is 3.34. The number of aliphatic hydroxyl groups is 2. The third-order valence-electron chi connectivity index (χ3n) is 10.8. The molecule has 3 nitrogen and oxygen atoms in total. The van der Waals surface area contributed by atoms with E-state index in [1.54, 1.807) is 6.92 Å². The number of Topliss-reactive ketones (excluding diaryl/α,β-unsaturated/α-hetero) is 1. The standard InChI is InChI=1S/C27H44O3/c1-16(2)22(28)12-9-17(3)19-10-11-20-25-21(15-24(30)27(19,20)5)26(4)13-7-6-8-18(26)14-23(25)29/h17-21,23-25,29-30H,1,6-15H2,2-5H3/t17-,18?,19-,20+,21+,23-,24+,25+,26+,27-/m1/s1. The maximum absolute atomic E-state index is 12.1. The maximum atomic E-state index is 12.1. The summed E-state index contributed by atoms with van der Waals surface area (Å²) in [5, 5.41) is 22.9. The van der Waals surface area contributed by atoms with Gasteiger partial charge in [0.05, 0.1) is 12.2 Å². The van der Waals surface area contributed by atoms with Crippen LogP contribution in [0.2, 0.25) is 0 Å². The molecule has 1 unspecified atom stereocenters. The fourth-order valence-electron chi connectivity index (χ4n) is 8.96. The molecule has 0 amide bonds. The lowest BCUT2D eigenvalue weighted by Gasteiger charge is -2.63. The lowest BCUT2D eigenvalue weighted by molar-refractivity contribution is -0.201. The van der Waals surface area contributed by atoms with Crippen LogP contribution >= 0.6 is 0 Å². The van der Waals surface area contributed by atoms with Crippen molar-refractivity contribution in [3.63, 3.8) is 0 Å². The van der Waals surface area contributed by atoms with Crippen molar-refractivity contribution in [3.05, 3.63) is 12.2 Å². The van der Waals surface area contributed by atoms with E-state index >= 15 is 0 Å². The van der Waals surface area contributed by atoms with E-state index in [4.69, 9.17) is 0 Å². The molecule has 4 aliphatic carbocycles. The first-order valence-corrected chi connectivity index (χ1v) is 12.7. The smallest absolute Gasteiger partial charge is 0.157 e. The monoisotopic (exact) mass is 416 g/mol. The average molecular weight is 417 g/mol. The summed E-state index contributed by atoms with van der Waals surface area (Å²) in [6, 6.07) is 0. The van der Waals surface area contributed by atoms with Gasteiger partial charge in [0, 0.05) is 6.42 Å². The molecule has 0 aromatic rings. The van der Waals surface area contributed by atoms with E-state index in [1.165, 1.54) is 25.7 Å². The van der Waals surface area contributed by atoms with Crippen molar-refractivity contribution in [2.75, 3.05) is 0 Å². The first-order chi connectivity index (χ1) is 14.1. The van der Waals surface area contributed by atoms with E-state index < -0.39 is 0 Å². The van der Waals surface area contributed by atoms with Gasteiger partial charge in [0.25, 0.3) is 0 Å². The summed E-state index contributed by atoms with van der Waals surface area (Å²) in [5.41, 5.74) is 0.812. The average Bonchev–Trinajstić information content (AvgIpc) is 3.05. The summed E-state index contributed by atoms with van der Waals surface area (Å²) in [6.07, 6.45) is 10.1. The van der Waals surface area contributed by atoms with E-state index in [1.807, 2.05) is 0 Å². The van der Waals surface area contributed by atoms with Gasteiger partial charge in [-0.15, -0.1) is 0 Å². The van der Waals surface area contributed by atoms with Crippen molar-refractivity contribution in [1.29, 1.82) is 0 Å². The van der Waals surface area contributed by atoms with Gasteiger partial charge in [0.1, 0.15) is 0 Å². The molecule has 170 valence electrons. The van der Waals surface area contributed by atoms with Crippen LogP contribution in [0.3, 0.4) is 0 Å². The molecule has 0 saturated heterocycles. The van der Waals surface area contributed by atoms with Crippen molar-refractivity contribution >= 4 is 5.78 Å². The molecule has 4 rings (SSSR count). The lowest BCUT2D eigenvalue weighted by Crippen LogP contribution is -2.61. The topological polar surface area (TPSA) is 57.5 Å². The van der Waals surface area contributed by atoms with Crippen molar-refractivity contribution in [2.45, 2.75) is 104 Å². The second-order valence-corrected chi connectivity index (χ2v) is 12.1. The second-order valence-electron chi connectivity index (χ2n) is 12.1. The number of allylic oxidation sites excluding steroid dienone is 1. The summed E-state index contributed by atoms with van der Waals surface area (Å²) in [6.45, 7) is 12.7. The largest absolute Gasteiger partial charge is 0.393 e. The number of rotatable bonds is 5. The summed E-state index contributed by atoms with van der Waals surface area (Å²) in [7, 11) is 0. The van der Waals surface area contributed by atoms with Crippen LogP contribution in [0.1, 0.15) is 91.9 Å². The van der Waals surface area contributed by atoms with Crippen LogP contribution in [-0.4, -0.2) is 28.2 Å². The van der Waals surface area contributed by atoms with Gasteiger partial charge in [-0.3, -0.25) is 4.79 Å². The van der Waals surface area contributed by atoms with Gasteiger partial charge in [-0.2, -0.15) is 0 Å². The van der Waals surface area contributed by atoms with Crippen LogP contribution < -0.4 is 0 Å². The zero-order valence-corrected chi connectivity index (χ0v) is 19.7. The van der Waals surface area contributed by atoms with Gasteiger partial charge < -0.3 is 10.2 Å². The summed E-state index contributed by atoms with van der Waals surface area (Å²) < 4.78 is 0. The molecule has 4 saturated carbocycles. The molecule has 0 aliphatic heterocycles. The molecule has 0 radical (unpaired) electrons. The Hall–Kier alpha value is -0.670. The van der Waals surface area contributed by atoms with Crippen molar-refractivity contribution < 1.29 is 15.0 Å². The fraction of sp³-hybridized carbons (Fsp3) is 0.889. The Labute approximate surface area is 183 Å². The molecular weight excluding hydrogens is 372 g/mol. The fourth-order valence-corrected chi connectivity index (χ4v) is 8.96. The molecule has 4 fully saturated rings. The van der Waals surface area contributed by atoms with E-state index in [2.05, 4.69) is 27.4 Å². The van der Waals surface area contributed by atoms with E-state index in [0.717, 1.165) is 32.1 Å². The zero-order chi connectivity index (χ0) is 21.8. The van der Waals surface area contributed by atoms with Crippen LogP contribution in [0.5, 0.6) is 0 Å². The number of ketones is 1. The van der Waals surface area contributed by atoms with Gasteiger partial charge in [-0.05, 0) is 104 Å². The molecule has 0 heterocycles. The highest BCUT2D eigenvalue weighted by molar-refractivity contribution is 5.94. The van der Waals surface area contributed by atoms with Crippen LogP contribution in [-0.2, 0) is 4.79 Å². The quantitative estimate of drug-likeness (QED) is 0.579. The molecular formula is C27H44O3. The normalized spacial score (nSPS) is 48.9. The molecule has 0 aromatic carbocycles. The molecule has 0 bridgehead atoms. The Morgan fingerprint density at radius 1 is 1.10 bits per heavy atom. The number of hydrogen-bond donors (Lipinski definition) is 2. The Balaban J connectivity index is 1.57. The predicted molar refractivity (Wildman–Crippen MR) is 121 cm³/mol. The molecule has 30 heavy (non-hydrogen) atoms. The SMILES string of the molecule is C=C(C)C(=O)CC[C@@H](C)[C@H]1CC[C@H]2[C@@H]3[C@H](O)CC4CCCC[C@]4(C)[C@H]3C[C@H](O)[C@]12C. The van der Waals surface area contributed by atoms with Gasteiger partial charge in [-0.25, -0.2) is 0 Å². The van der Waals surface area contributed by atoms with Crippen molar-refractivity contribution in [3.8, 4) is 0 Å². The zero-order valence-electron chi connectivity index (χ0n) is 19.7. The summed E-state index contributed by atoms with van der Waals surface area (Å²) in [5.74, 6) is 2.85. The predicted octanol–water partition coefficient (Wildman–Crippen LogP) is 5.54. The highest BCUT2D eigenvalue weighted by Crippen LogP contribution is 2.68. The number of hydrogen-bond acceptors (Lipinski definition) is 3. The Bertz CT molecular complexity index is 686. The molecule has 0 spiro atoms. The first kappa shape index (κ1) is 22.5. The minimum atomic E-state index is -0.291. The summed E-state index contributed by atoms with van der Waals surface area (Å²) in [4.78, 5) is 12.1. The van der Waals surface area contributed by atoms with Crippen molar-refractivity contribution in [2.24, 2.45) is 46.3 Å². The highest BCUT2D eigenvalue weighted by Gasteiger charge is 2.65. The van der Waals surface area contributed by atoms with Crippen molar-refractivity contribution in [1.82, 2.24) is 0 Å². The third-order valence-corrected chi connectivity index (χ3v) is 10.8. The van der Waals surface area contributed by atoms with Crippen LogP contribution in [0.15, 0.2) is 12.2 Å². The molecule has 4 aliphatic rings. The van der Waals surface area contributed by atoms with Gasteiger partial charge in [0.15, 0.2) is 5.78 Å². The maximum Gasteiger partial charge on any atom is 0.157 e. The molecule has 3 heteroatoms. The van der Waals surface area contributed by atoms with Crippen LogP contribution in [0.25, 0.3) is 0 Å². The van der Waals surface area contributed by atoms with Gasteiger partial charge in [-0.1, -0.05) is 40.2 Å². The second kappa shape index (κ2) is 8.03. The first-order valence-electron chi connectivity index (χ1n) is 12.7. The lowest BCUT2D eigenvalue weighted by atomic mass is 9.43. The summed E-state index contributed by atoms with van der Waals surface area (Å²) >= 11 is 0. The van der Waals surface area contributed by atoms with Gasteiger partial charge in [0.2, 0.25) is 0 Å². The molecule has 2 N–H and O–H groups in total. The molecule has 10 atom stereocenters. The highest BCUT2D eigenvalue weighted by atomic mass is 16.3. The minimum absolute atomic E-state index is 0.133. The van der Waals surface area contributed by atoms with E-state index in [9.17, 15) is 15.0 Å². The Morgan fingerprint density at radius 3 is 2.53 bits per heavy atom. The number of carbonyl (C=O) groups is 1.